The fourth-order valence-corrected chi connectivity index (χ4v) is 7.26. The van der Waals surface area contributed by atoms with Crippen molar-refractivity contribution in [3.05, 3.63) is 294 Å². The number of benzene rings is 7. The first kappa shape index (κ1) is 71.9. The molecule has 12 nitrogen and oxygen atoms in total. The highest BCUT2D eigenvalue weighted by Crippen LogP contribution is 2.22. The van der Waals surface area contributed by atoms with Crippen molar-refractivity contribution in [3.8, 4) is 0 Å². The summed E-state index contributed by atoms with van der Waals surface area (Å²) in [5.41, 5.74) is 18.1. The summed E-state index contributed by atoms with van der Waals surface area (Å²) in [6.45, 7) is 28.2. The number of hydrogen-bond donors (Lipinski definition) is 8. The van der Waals surface area contributed by atoms with Crippen molar-refractivity contribution in [2.24, 2.45) is 12.0 Å². The summed E-state index contributed by atoms with van der Waals surface area (Å²) in [7, 11) is 4.01. The third-order valence-electron chi connectivity index (χ3n) is 12.0. The number of hydrogen-bond acceptors (Lipinski definition) is 6. The Morgan fingerprint density at radius 2 is 1.27 bits per heavy atom. The van der Waals surface area contributed by atoms with Crippen LogP contribution in [0.2, 0.25) is 0 Å². The highest BCUT2D eigenvalue weighted by Gasteiger charge is 2.06. The Labute approximate surface area is 523 Å². The van der Waals surface area contributed by atoms with Gasteiger partial charge in [-0.3, -0.25) is 4.99 Å². The second kappa shape index (κ2) is 46.3. The first-order chi connectivity index (χ1) is 41.9. The number of aromatic amines is 4. The van der Waals surface area contributed by atoms with Crippen LogP contribution in [0, 0.1) is 53.9 Å². The molecule has 1 atom stereocenters. The van der Waals surface area contributed by atoms with E-state index < -0.39 is 0 Å². The van der Waals surface area contributed by atoms with Crippen LogP contribution in [0.5, 0.6) is 0 Å². The topological polar surface area (TPSA) is 181 Å². The largest absolute Gasteiger partial charge is 0.442 e. The lowest BCUT2D eigenvalue weighted by molar-refractivity contribution is -0.676. The number of aliphatic imine (C=N–C) groups is 1. The fourth-order valence-electron chi connectivity index (χ4n) is 7.26. The number of imidazole rings is 3. The van der Waals surface area contributed by atoms with Gasteiger partial charge in [-0.1, -0.05) is 194 Å². The Morgan fingerprint density at radius 1 is 0.694 bits per heavy atom. The minimum atomic E-state index is 0. The normalized spacial score (nSPS) is 9.87. The predicted molar refractivity (Wildman–Crippen MR) is 378 cm³/mol. The minimum Gasteiger partial charge on any atom is -0.442 e. The fraction of sp³-hybridized carbons (Fsp3) is 0.157. The van der Waals surface area contributed by atoms with Crippen LogP contribution in [0.4, 0.5) is 17.1 Å². The van der Waals surface area contributed by atoms with Crippen LogP contribution in [-0.2, 0) is 31.7 Å². The number of rotatable bonds is 3. The third kappa shape index (κ3) is 31.7. The van der Waals surface area contributed by atoms with E-state index in [0.717, 1.165) is 41.3 Å². The van der Waals surface area contributed by atoms with Gasteiger partial charge < -0.3 is 36.1 Å². The van der Waals surface area contributed by atoms with Gasteiger partial charge in [0.15, 0.2) is 11.8 Å². The molecule has 15 heteroatoms. The lowest BCUT2D eigenvalue weighted by atomic mass is 10.1. The zero-order chi connectivity index (χ0) is 63.6. The lowest BCUT2D eigenvalue weighted by Gasteiger charge is -1.97. The quantitative estimate of drug-likeness (QED) is 0.0380. The van der Waals surface area contributed by atoms with E-state index in [2.05, 4.69) is 183 Å². The Bertz CT molecular complexity index is 3350. The number of nitrogens with two attached hydrogens (primary N) is 1. The summed E-state index contributed by atoms with van der Waals surface area (Å²) < 4.78 is 7.47. The van der Waals surface area contributed by atoms with Gasteiger partial charge in [-0.2, -0.15) is 13.4 Å². The number of aromatic nitrogens is 7. The van der Waals surface area contributed by atoms with Gasteiger partial charge in [-0.15, -0.1) is 0 Å². The molecular weight excluding hydrogens is 1100 g/mol. The van der Waals surface area contributed by atoms with Crippen molar-refractivity contribution >= 4 is 93.1 Å². The monoisotopic (exact) mass is 1200 g/mol. The third-order valence-corrected chi connectivity index (χ3v) is 12.0. The van der Waals surface area contributed by atoms with E-state index in [1.807, 2.05) is 188 Å². The molecule has 2 aliphatic rings. The molecule has 0 saturated carbocycles. The summed E-state index contributed by atoms with van der Waals surface area (Å²) in [4.78, 5) is 26.2. The summed E-state index contributed by atoms with van der Waals surface area (Å²) >= 11 is 6.78. The zero-order valence-corrected chi connectivity index (χ0v) is 53.2. The maximum Gasteiger partial charge on any atom is 0.241 e. The van der Waals surface area contributed by atoms with Crippen LogP contribution in [-0.4, -0.2) is 63.4 Å². The summed E-state index contributed by atoms with van der Waals surface area (Å²) in [5, 5.41) is 15.5. The standard InChI is InChI=1S/C9H10.C8H9N.2C8H7N.2C8H9N.C7H8.C5H8N2.2C4H6N2.CH3N.HPS.H2S.2H2/c1-3-9-7-5-4-6-8(9)2;3*1-2-4-8-7(3-1)5-6-9-8;1-7-5-3-4-6-8(7)9-2;1-7-3-2-4-8(5-7)6-9;1-7-5-3-2-4-6-7;1-5-3-6-4-7(5)2;2*1-4-2-5-3-6-4;2*1-2;;;/h3-7H,1H2,2H3;1-4,9H,5-6H2;1-4,6H,5H2;1-6,9H;2*2-6,9H,1H3;2-6H,1H3;3-4H,1-2H3;2*2-3H,1H3,(H,5,6);1H,2H2;1H;1H2;2*1H/p+2/i/hD. The zero-order valence-electron chi connectivity index (χ0n) is 51.4. The number of para-hydroxylation sites is 4. The molecule has 85 heavy (non-hydrogen) atoms. The van der Waals surface area contributed by atoms with Gasteiger partial charge in [0.25, 0.3) is 0 Å². The molecule has 0 spiro atoms. The summed E-state index contributed by atoms with van der Waals surface area (Å²) in [6.07, 6.45) is 20.1. The maximum absolute atomic E-state index is 6.92. The van der Waals surface area contributed by atoms with Crippen molar-refractivity contribution < 1.29 is 17.8 Å². The van der Waals surface area contributed by atoms with Gasteiger partial charge in [0.1, 0.15) is 19.9 Å². The van der Waals surface area contributed by atoms with Crippen molar-refractivity contribution in [2.45, 2.75) is 61.3 Å². The van der Waals surface area contributed by atoms with Crippen molar-refractivity contribution in [3.63, 3.8) is 0 Å². The summed E-state index contributed by atoms with van der Waals surface area (Å²) in [5.74, 6) is 0. The highest BCUT2D eigenvalue weighted by molar-refractivity contribution is 7.88. The summed E-state index contributed by atoms with van der Waals surface area (Å²) in [6, 6.07) is 61.2. The second-order valence-electron chi connectivity index (χ2n) is 18.4. The molecule has 0 saturated heterocycles. The molecule has 4 aromatic heterocycles. The molecule has 0 fully saturated rings. The van der Waals surface area contributed by atoms with Crippen LogP contribution >= 0.6 is 21.4 Å². The molecule has 9 N–H and O–H groups in total. The van der Waals surface area contributed by atoms with Crippen LogP contribution < -0.4 is 20.3 Å². The Kier molecular flexibility index (Phi) is 39.2. The molecule has 6 heterocycles. The molecule has 0 amide bonds. The molecule has 446 valence electrons. The number of nitrogens with one attached hydrogen (secondary N) is 7. The van der Waals surface area contributed by atoms with Gasteiger partial charge >= 0.3 is 0 Å². The van der Waals surface area contributed by atoms with Crippen LogP contribution in [0.1, 0.15) is 64.4 Å². The van der Waals surface area contributed by atoms with Gasteiger partial charge in [0.2, 0.25) is 6.33 Å². The van der Waals surface area contributed by atoms with Crippen LogP contribution in [0.3, 0.4) is 0 Å². The predicted octanol–water partition coefficient (Wildman–Crippen LogP) is 13.5. The van der Waals surface area contributed by atoms with E-state index in [9.17, 15) is 0 Å². The number of H-pyrrole nitrogens is 4. The van der Waals surface area contributed by atoms with E-state index in [1.165, 1.54) is 73.9 Å². The van der Waals surface area contributed by atoms with Crippen molar-refractivity contribution in [1.29, 1.82) is 6.53 Å². The highest BCUT2D eigenvalue weighted by atomic mass is 32.4. The molecule has 0 radical (unpaired) electrons. The molecule has 2 aliphatic heterocycles. The van der Waals surface area contributed by atoms with E-state index in [4.69, 9.17) is 13.3 Å². The average molecular weight is 1200 g/mol. The van der Waals surface area contributed by atoms with Crippen LogP contribution in [0.15, 0.2) is 237 Å². The number of anilines is 1. The molecule has 0 bridgehead atoms. The van der Waals surface area contributed by atoms with Crippen LogP contribution in [0.25, 0.3) is 17.0 Å². The average Bonchev–Trinajstić information content (AvgIpc) is 4.64. The Balaban J connectivity index is 0. The molecule has 1 unspecified atom stereocenters. The van der Waals surface area contributed by atoms with Gasteiger partial charge in [0, 0.05) is 83.1 Å². The number of nitrogens with zero attached hydrogens (tertiary/aromatic N) is 4. The van der Waals surface area contributed by atoms with Gasteiger partial charge in [-0.25, -0.2) is 26.2 Å². The number of fused-ring (bicyclic) bond motifs is 3. The second-order valence-corrected chi connectivity index (χ2v) is 18.4. The molecule has 7 aromatic carbocycles. The van der Waals surface area contributed by atoms with E-state index >= 15 is 0 Å². The molecular formula is C70H91N12PS2+2. The first-order valence-electron chi connectivity index (χ1n) is 27.5. The number of aryl methyl sites for hydroxylation is 8. The lowest BCUT2D eigenvalue weighted by Crippen LogP contribution is -2.58. The van der Waals surface area contributed by atoms with Gasteiger partial charge in [-0.05, 0) is 98.5 Å². The Morgan fingerprint density at radius 3 is 1.72 bits per heavy atom. The molecule has 0 aliphatic carbocycles. The molecule has 13 rings (SSSR count). The maximum atomic E-state index is 6.92. The Hall–Kier alpha value is -9.20. The van der Waals surface area contributed by atoms with E-state index in [0.29, 0.717) is 0 Å². The van der Waals surface area contributed by atoms with E-state index in [-0.39, 0.29) is 2.85 Å². The van der Waals surface area contributed by atoms with E-state index in [1.54, 1.807) is 25.0 Å². The van der Waals surface area contributed by atoms with Gasteiger partial charge in [0.05, 0.1) is 32.2 Å². The smallest absolute Gasteiger partial charge is 0.241 e. The van der Waals surface area contributed by atoms with Crippen molar-refractivity contribution in [2.75, 3.05) is 11.9 Å². The SMILES string of the molecule is C1=Nc2ccccc2C1.C=Cc1ccccc1C.Cc1c[nH]c[n+]1C.Cc1cccc(C=N)c1.Cc1ccccc1.Cc1cnc[nH]1.Cc1cnc[nH]1.[2H]S.[CH-]=[NH+]c1ccccc1C.[CH-]=[NH2+].[HH].[HH].[PH2+]=S.c1ccc2[nH]ccc2c1.c1ccc2c(c1)CCN2. The molecule has 11 aromatic rings. The van der Waals surface area contributed by atoms with Crippen molar-refractivity contribution in [1.82, 2.24) is 29.9 Å². The first-order valence-corrected chi connectivity index (χ1v) is 29.0. The minimum absolute atomic E-state index is 0.